The number of nitrogens with one attached hydrogen (secondary N) is 1. The lowest BCUT2D eigenvalue weighted by atomic mass is 10.2. The van der Waals surface area contributed by atoms with Gasteiger partial charge in [0.2, 0.25) is 0 Å². The average Bonchev–Trinajstić information content (AvgIpc) is 3.24. The molecule has 0 unspecified atom stereocenters. The molecule has 0 saturated heterocycles. The summed E-state index contributed by atoms with van der Waals surface area (Å²) >= 11 is 1.47. The fourth-order valence-electron chi connectivity index (χ4n) is 2.95. The molecule has 1 N–H and O–H groups in total. The predicted molar refractivity (Wildman–Crippen MR) is 118 cm³/mol. The van der Waals surface area contributed by atoms with Gasteiger partial charge in [0.1, 0.15) is 11.4 Å². The molecule has 0 spiro atoms. The number of hydrogen-bond acceptors (Lipinski definition) is 8. The summed E-state index contributed by atoms with van der Waals surface area (Å²) in [6, 6.07) is 11.4. The molecule has 0 amide bonds. The maximum atomic E-state index is 14.2. The van der Waals surface area contributed by atoms with Crippen molar-refractivity contribution < 1.29 is 13.9 Å². The Morgan fingerprint density at radius 2 is 2.03 bits per heavy atom. The average molecular weight is 438 g/mol. The topological polar surface area (TPSA) is 85.7 Å². The van der Waals surface area contributed by atoms with Crippen LogP contribution in [0.25, 0.3) is 20.8 Å². The van der Waals surface area contributed by atoms with E-state index in [1.165, 1.54) is 23.5 Å². The van der Waals surface area contributed by atoms with Gasteiger partial charge in [-0.15, -0.1) is 16.2 Å². The third kappa shape index (κ3) is 4.91. The van der Waals surface area contributed by atoms with Gasteiger partial charge in [0, 0.05) is 44.7 Å². The van der Waals surface area contributed by atoms with Gasteiger partial charge in [0.25, 0.3) is 0 Å². The quantitative estimate of drug-likeness (QED) is 0.277. The molecule has 1 aromatic carbocycles. The molecule has 0 saturated carbocycles. The van der Waals surface area contributed by atoms with Crippen LogP contribution in [0.4, 0.5) is 10.1 Å². The van der Waals surface area contributed by atoms with Crippen LogP contribution in [-0.4, -0.2) is 30.2 Å². The molecule has 4 rings (SSSR count). The molecule has 3 aromatic heterocycles. The summed E-state index contributed by atoms with van der Waals surface area (Å²) in [5.41, 5.74) is 2.64. The van der Waals surface area contributed by atoms with Crippen LogP contribution >= 0.6 is 11.3 Å². The van der Waals surface area contributed by atoms with E-state index in [0.717, 1.165) is 39.0 Å². The van der Waals surface area contributed by atoms with E-state index in [1.807, 2.05) is 24.4 Å². The highest BCUT2D eigenvalue weighted by Gasteiger charge is 2.14. The number of pyridine rings is 2. The Hall–Kier alpha value is -3.27. The molecule has 31 heavy (non-hydrogen) atoms. The van der Waals surface area contributed by atoms with Crippen LogP contribution in [0, 0.1) is 10.7 Å². The minimum absolute atomic E-state index is 0.00607. The number of rotatable bonds is 9. The molecule has 0 atom stereocenters. The molecule has 0 aliphatic rings. The van der Waals surface area contributed by atoms with Gasteiger partial charge in [-0.1, -0.05) is 6.07 Å². The SMILES string of the molecule is COCCNCc1ccc(-c2cc3nccc(Oc4ccc(N=O)cc4F)c3s2)nc1. The Morgan fingerprint density at radius 1 is 1.13 bits per heavy atom. The second-order valence-electron chi connectivity index (χ2n) is 6.66. The summed E-state index contributed by atoms with van der Waals surface area (Å²) in [6.07, 6.45) is 3.44. The summed E-state index contributed by atoms with van der Waals surface area (Å²) in [7, 11) is 1.67. The monoisotopic (exact) mass is 438 g/mol. The van der Waals surface area contributed by atoms with Gasteiger partial charge in [-0.3, -0.25) is 9.97 Å². The molecule has 3 heterocycles. The number of hydrogen-bond donors (Lipinski definition) is 1. The number of nitroso groups, excluding NO2 is 1. The van der Waals surface area contributed by atoms with Crippen LogP contribution < -0.4 is 10.1 Å². The van der Waals surface area contributed by atoms with Crippen molar-refractivity contribution in [3.05, 3.63) is 71.1 Å². The number of thiophene rings is 1. The molecule has 0 aliphatic carbocycles. The normalized spacial score (nSPS) is 11.0. The zero-order chi connectivity index (χ0) is 21.6. The second kappa shape index (κ2) is 9.69. The fraction of sp³-hybridized carbons (Fsp3) is 0.182. The fourth-order valence-corrected chi connectivity index (χ4v) is 3.99. The van der Waals surface area contributed by atoms with Gasteiger partial charge in [-0.05, 0) is 35.0 Å². The minimum atomic E-state index is -0.657. The lowest BCUT2D eigenvalue weighted by Gasteiger charge is -2.07. The number of halogens is 1. The van der Waals surface area contributed by atoms with Gasteiger partial charge < -0.3 is 14.8 Å². The molecular weight excluding hydrogens is 419 g/mol. The standard InChI is InChI=1S/C22H19FN4O3S/c1-29-9-8-24-12-14-2-4-17(26-13-14)21-11-18-22(31-21)20(6-7-25-18)30-19-5-3-15(27-28)10-16(19)23/h2-7,10-11,13,24H,8-9,12H2,1H3. The largest absolute Gasteiger partial charge is 0.453 e. The lowest BCUT2D eigenvalue weighted by molar-refractivity contribution is 0.199. The smallest absolute Gasteiger partial charge is 0.167 e. The highest BCUT2D eigenvalue weighted by atomic mass is 32.1. The summed E-state index contributed by atoms with van der Waals surface area (Å²) in [4.78, 5) is 20.4. The van der Waals surface area contributed by atoms with Crippen molar-refractivity contribution in [1.29, 1.82) is 0 Å². The van der Waals surface area contributed by atoms with E-state index in [-0.39, 0.29) is 11.4 Å². The lowest BCUT2D eigenvalue weighted by Crippen LogP contribution is -2.18. The number of fused-ring (bicyclic) bond motifs is 1. The van der Waals surface area contributed by atoms with Crippen LogP contribution in [0.15, 0.2) is 60.0 Å². The molecule has 158 valence electrons. The third-order valence-corrected chi connectivity index (χ3v) is 5.67. The van der Waals surface area contributed by atoms with Gasteiger partial charge in [-0.25, -0.2) is 4.39 Å². The maximum absolute atomic E-state index is 14.2. The molecule has 0 fully saturated rings. The van der Waals surface area contributed by atoms with Crippen LogP contribution in [0.2, 0.25) is 0 Å². The van der Waals surface area contributed by atoms with Crippen LogP contribution in [0.1, 0.15) is 5.56 Å². The van der Waals surface area contributed by atoms with E-state index in [2.05, 4.69) is 20.5 Å². The summed E-state index contributed by atoms with van der Waals surface area (Å²) in [5.74, 6) is -0.167. The highest BCUT2D eigenvalue weighted by molar-refractivity contribution is 7.22. The van der Waals surface area contributed by atoms with E-state index >= 15 is 0 Å². The number of nitrogens with zero attached hydrogens (tertiary/aromatic N) is 3. The molecular formula is C22H19FN4O3S. The van der Waals surface area contributed by atoms with E-state index in [4.69, 9.17) is 9.47 Å². The Labute approximate surface area is 181 Å². The first-order valence-electron chi connectivity index (χ1n) is 9.52. The van der Waals surface area contributed by atoms with Crippen molar-refractivity contribution in [2.24, 2.45) is 5.18 Å². The minimum Gasteiger partial charge on any atom is -0.453 e. The molecule has 9 heteroatoms. The van der Waals surface area contributed by atoms with Crippen LogP contribution in [0.5, 0.6) is 11.5 Å². The molecule has 0 bridgehead atoms. The Kier molecular flexibility index (Phi) is 6.56. The maximum Gasteiger partial charge on any atom is 0.167 e. The van der Waals surface area contributed by atoms with Crippen molar-refractivity contribution in [3.8, 4) is 22.1 Å². The van der Waals surface area contributed by atoms with Gasteiger partial charge >= 0.3 is 0 Å². The van der Waals surface area contributed by atoms with Gasteiger partial charge in [-0.2, -0.15) is 0 Å². The highest BCUT2D eigenvalue weighted by Crippen LogP contribution is 2.39. The molecule has 4 aromatic rings. The van der Waals surface area contributed by atoms with Crippen molar-refractivity contribution in [2.45, 2.75) is 6.54 Å². The summed E-state index contributed by atoms with van der Waals surface area (Å²) in [5, 5.41) is 6.01. The van der Waals surface area contributed by atoms with Crippen LogP contribution in [0.3, 0.4) is 0 Å². The molecule has 7 nitrogen and oxygen atoms in total. The molecule has 0 aliphatic heterocycles. The van der Waals surface area contributed by atoms with Crippen molar-refractivity contribution in [3.63, 3.8) is 0 Å². The summed E-state index contributed by atoms with van der Waals surface area (Å²) in [6.45, 7) is 2.15. The van der Waals surface area contributed by atoms with Crippen molar-refractivity contribution >= 4 is 27.2 Å². The third-order valence-electron chi connectivity index (χ3n) is 4.51. The van der Waals surface area contributed by atoms with Crippen molar-refractivity contribution in [2.75, 3.05) is 20.3 Å². The Balaban J connectivity index is 1.55. The van der Waals surface area contributed by atoms with E-state index in [1.54, 1.807) is 19.4 Å². The first kappa shape index (κ1) is 21.0. The predicted octanol–water partition coefficient (Wildman–Crippen LogP) is 5.42. The second-order valence-corrected chi connectivity index (χ2v) is 7.72. The number of methoxy groups -OCH3 is 1. The number of ether oxygens (including phenoxy) is 2. The van der Waals surface area contributed by atoms with Crippen LogP contribution in [-0.2, 0) is 11.3 Å². The van der Waals surface area contributed by atoms with Gasteiger partial charge in [0.05, 0.1) is 27.4 Å². The van der Waals surface area contributed by atoms with Crippen molar-refractivity contribution in [1.82, 2.24) is 15.3 Å². The number of aromatic nitrogens is 2. The first-order chi connectivity index (χ1) is 15.2. The van der Waals surface area contributed by atoms with E-state index in [0.29, 0.717) is 18.9 Å². The number of benzene rings is 1. The van der Waals surface area contributed by atoms with E-state index < -0.39 is 5.82 Å². The molecule has 0 radical (unpaired) electrons. The van der Waals surface area contributed by atoms with E-state index in [9.17, 15) is 9.30 Å². The zero-order valence-electron chi connectivity index (χ0n) is 16.7. The first-order valence-corrected chi connectivity index (χ1v) is 10.3. The Morgan fingerprint density at radius 3 is 2.77 bits per heavy atom. The summed E-state index contributed by atoms with van der Waals surface area (Å²) < 4.78 is 25.8. The zero-order valence-corrected chi connectivity index (χ0v) is 17.5. The Bertz CT molecular complexity index is 1200. The van der Waals surface area contributed by atoms with Gasteiger partial charge in [0.15, 0.2) is 11.6 Å².